The maximum Gasteiger partial charge on any atom is 0.416 e. The number of benzene rings is 2. The average molecular weight is 553 g/mol. The van der Waals surface area contributed by atoms with Crippen LogP contribution in [-0.4, -0.2) is 59.4 Å². The molecule has 0 radical (unpaired) electrons. The first-order chi connectivity index (χ1) is 19.2. The Morgan fingerprint density at radius 2 is 1.75 bits per heavy atom. The number of halogens is 3. The standard InChI is InChI=1S/C29H32F3N5.CH3NO/c1-20-3-4-23(14-26(20)18-33-16-22-12-24-5-6-34-28(24)35-17-22)25-11-21(13-27(15-25)29(30,31)32)19-37-9-7-36(2)8-10-37;2-1-3/h3-6,11-15,17,33H,7-10,16,18-19H2,1-2H3,(H,34,35);1H,(H2,2,3). The first-order valence-electron chi connectivity index (χ1n) is 13.2. The van der Waals surface area contributed by atoms with E-state index in [4.69, 9.17) is 4.79 Å². The number of nitrogens with zero attached hydrogens (tertiary/aromatic N) is 3. The third kappa shape index (κ3) is 7.68. The highest BCUT2D eigenvalue weighted by Gasteiger charge is 2.31. The number of nitrogens with one attached hydrogen (secondary N) is 2. The highest BCUT2D eigenvalue weighted by Crippen LogP contribution is 2.34. The number of amides is 1. The molecule has 2 aromatic heterocycles. The Labute approximate surface area is 232 Å². The number of piperazine rings is 1. The summed E-state index contributed by atoms with van der Waals surface area (Å²) in [6.07, 6.45) is -0.426. The number of primary amides is 1. The van der Waals surface area contributed by atoms with Crippen molar-refractivity contribution in [3.8, 4) is 11.1 Å². The molecule has 1 fully saturated rings. The number of hydrogen-bond acceptors (Lipinski definition) is 5. The summed E-state index contributed by atoms with van der Waals surface area (Å²) < 4.78 is 41.4. The van der Waals surface area contributed by atoms with Gasteiger partial charge in [0, 0.05) is 63.6 Å². The van der Waals surface area contributed by atoms with Crippen LogP contribution in [0.2, 0.25) is 0 Å². The molecule has 4 N–H and O–H groups in total. The van der Waals surface area contributed by atoms with Crippen LogP contribution in [0, 0.1) is 6.92 Å². The molecule has 4 aromatic rings. The lowest BCUT2D eigenvalue weighted by atomic mass is 9.96. The molecule has 2 aromatic carbocycles. The molecule has 0 spiro atoms. The van der Waals surface area contributed by atoms with Crippen LogP contribution in [0.5, 0.6) is 0 Å². The van der Waals surface area contributed by atoms with Gasteiger partial charge in [-0.1, -0.05) is 12.1 Å². The summed E-state index contributed by atoms with van der Waals surface area (Å²) in [5, 5.41) is 4.52. The predicted molar refractivity (Wildman–Crippen MR) is 151 cm³/mol. The number of hydrogen-bond donors (Lipinski definition) is 3. The number of fused-ring (bicyclic) bond motifs is 1. The Balaban J connectivity index is 0.00000118. The summed E-state index contributed by atoms with van der Waals surface area (Å²) in [6, 6.07) is 14.5. The SMILES string of the molecule is Cc1ccc(-c2cc(CN3CCN(C)CC3)cc(C(F)(F)F)c2)cc1CNCc1cnc2[nH]ccc2c1.NC=O. The number of alkyl halides is 3. The van der Waals surface area contributed by atoms with Gasteiger partial charge in [-0.3, -0.25) is 9.69 Å². The zero-order valence-electron chi connectivity index (χ0n) is 22.8. The van der Waals surface area contributed by atoms with Crippen LogP contribution in [0.3, 0.4) is 0 Å². The van der Waals surface area contributed by atoms with Crippen LogP contribution in [0.1, 0.15) is 27.8 Å². The van der Waals surface area contributed by atoms with Crippen molar-refractivity contribution < 1.29 is 18.0 Å². The quantitative estimate of drug-likeness (QED) is 0.290. The van der Waals surface area contributed by atoms with Crippen molar-refractivity contribution in [3.63, 3.8) is 0 Å². The monoisotopic (exact) mass is 552 g/mol. The largest absolute Gasteiger partial charge is 0.416 e. The van der Waals surface area contributed by atoms with Gasteiger partial charge in [-0.05, 0) is 83.8 Å². The molecule has 1 aliphatic rings. The Hall–Kier alpha value is -3.73. The van der Waals surface area contributed by atoms with Crippen LogP contribution in [0.15, 0.2) is 60.9 Å². The van der Waals surface area contributed by atoms with E-state index in [9.17, 15) is 13.2 Å². The lowest BCUT2D eigenvalue weighted by Gasteiger charge is -2.32. The molecule has 0 aliphatic carbocycles. The lowest BCUT2D eigenvalue weighted by molar-refractivity contribution is -0.137. The van der Waals surface area contributed by atoms with Crippen molar-refractivity contribution in [2.45, 2.75) is 32.7 Å². The van der Waals surface area contributed by atoms with Gasteiger partial charge in [0.15, 0.2) is 0 Å². The fourth-order valence-corrected chi connectivity index (χ4v) is 4.84. The highest BCUT2D eigenvalue weighted by atomic mass is 19.4. The van der Waals surface area contributed by atoms with Crippen LogP contribution in [0.4, 0.5) is 13.2 Å². The fraction of sp³-hybridized carbons (Fsp3) is 0.333. The van der Waals surface area contributed by atoms with E-state index < -0.39 is 11.7 Å². The maximum absolute atomic E-state index is 13.8. The number of carbonyl (C=O) groups is 1. The van der Waals surface area contributed by atoms with Gasteiger partial charge in [-0.2, -0.15) is 13.2 Å². The van der Waals surface area contributed by atoms with E-state index in [0.717, 1.165) is 59.5 Å². The summed E-state index contributed by atoms with van der Waals surface area (Å²) in [5.41, 5.74) is 9.76. The number of nitrogens with two attached hydrogens (primary N) is 1. The van der Waals surface area contributed by atoms with Gasteiger partial charge in [0.05, 0.1) is 5.56 Å². The van der Waals surface area contributed by atoms with E-state index in [-0.39, 0.29) is 6.41 Å². The minimum absolute atomic E-state index is 0.250. The van der Waals surface area contributed by atoms with Crippen molar-refractivity contribution in [1.82, 2.24) is 25.1 Å². The first kappa shape index (κ1) is 29.3. The summed E-state index contributed by atoms with van der Waals surface area (Å²) in [6.45, 7) is 7.37. The van der Waals surface area contributed by atoms with E-state index in [1.54, 1.807) is 0 Å². The van der Waals surface area contributed by atoms with Gasteiger partial charge < -0.3 is 20.9 Å². The van der Waals surface area contributed by atoms with E-state index in [0.29, 0.717) is 30.8 Å². The molecule has 0 bridgehead atoms. The van der Waals surface area contributed by atoms with Crippen LogP contribution in [0.25, 0.3) is 22.2 Å². The number of aromatic amines is 1. The number of aromatic nitrogens is 2. The molecule has 0 saturated carbocycles. The predicted octanol–water partition coefficient (Wildman–Crippen LogP) is 4.70. The summed E-state index contributed by atoms with van der Waals surface area (Å²) in [4.78, 5) is 20.6. The molecule has 10 heteroatoms. The number of carbonyl (C=O) groups excluding carboxylic acids is 1. The summed E-state index contributed by atoms with van der Waals surface area (Å²) in [5.74, 6) is 0. The van der Waals surface area contributed by atoms with Crippen molar-refractivity contribution >= 4 is 17.4 Å². The van der Waals surface area contributed by atoms with E-state index in [1.165, 1.54) is 12.1 Å². The molecule has 1 saturated heterocycles. The Bertz CT molecular complexity index is 1430. The normalized spacial score (nSPS) is 14.6. The molecule has 7 nitrogen and oxygen atoms in total. The molecule has 1 amide bonds. The topological polar surface area (TPSA) is 90.3 Å². The van der Waals surface area contributed by atoms with Crippen molar-refractivity contribution in [3.05, 3.63) is 88.7 Å². The smallest absolute Gasteiger partial charge is 0.372 e. The molecule has 5 rings (SSSR count). The van der Waals surface area contributed by atoms with Gasteiger partial charge in [-0.15, -0.1) is 0 Å². The molecule has 3 heterocycles. The molecule has 1 aliphatic heterocycles. The Kier molecular flexibility index (Phi) is 9.57. The van der Waals surface area contributed by atoms with Crippen molar-refractivity contribution in [1.29, 1.82) is 0 Å². The second-order valence-electron chi connectivity index (χ2n) is 10.1. The zero-order valence-corrected chi connectivity index (χ0v) is 22.8. The number of rotatable bonds is 7. The zero-order chi connectivity index (χ0) is 28.7. The number of aryl methyl sites for hydroxylation is 1. The van der Waals surface area contributed by atoms with Crippen LogP contribution < -0.4 is 11.1 Å². The van der Waals surface area contributed by atoms with Gasteiger partial charge in [0.25, 0.3) is 0 Å². The van der Waals surface area contributed by atoms with Gasteiger partial charge in [0.2, 0.25) is 6.41 Å². The minimum atomic E-state index is -4.39. The number of H-pyrrole nitrogens is 1. The molecule has 0 unspecified atom stereocenters. The van der Waals surface area contributed by atoms with E-state index >= 15 is 0 Å². The second-order valence-corrected chi connectivity index (χ2v) is 10.1. The summed E-state index contributed by atoms with van der Waals surface area (Å²) in [7, 11) is 2.07. The van der Waals surface area contributed by atoms with Crippen molar-refractivity contribution in [2.24, 2.45) is 5.73 Å². The second kappa shape index (κ2) is 13.1. The van der Waals surface area contributed by atoms with Gasteiger partial charge in [-0.25, -0.2) is 4.98 Å². The number of pyridine rings is 1. The third-order valence-corrected chi connectivity index (χ3v) is 7.11. The first-order valence-corrected chi connectivity index (χ1v) is 13.2. The minimum Gasteiger partial charge on any atom is -0.372 e. The Morgan fingerprint density at radius 3 is 2.48 bits per heavy atom. The van der Waals surface area contributed by atoms with Crippen LogP contribution in [-0.2, 0) is 30.6 Å². The average Bonchev–Trinajstić information content (AvgIpc) is 3.39. The lowest BCUT2D eigenvalue weighted by Crippen LogP contribution is -2.43. The third-order valence-electron chi connectivity index (χ3n) is 7.11. The van der Waals surface area contributed by atoms with Crippen LogP contribution >= 0.6 is 0 Å². The van der Waals surface area contributed by atoms with Gasteiger partial charge >= 0.3 is 6.18 Å². The van der Waals surface area contributed by atoms with E-state index in [2.05, 4.69) is 43.9 Å². The summed E-state index contributed by atoms with van der Waals surface area (Å²) >= 11 is 0. The van der Waals surface area contributed by atoms with E-state index in [1.807, 2.05) is 49.6 Å². The molecule has 0 atom stereocenters. The Morgan fingerprint density at radius 1 is 1.00 bits per heavy atom. The highest BCUT2D eigenvalue weighted by molar-refractivity contribution is 5.75. The molecular weight excluding hydrogens is 517 g/mol. The molecular formula is C30H35F3N6O. The fourth-order valence-electron chi connectivity index (χ4n) is 4.84. The van der Waals surface area contributed by atoms with Gasteiger partial charge in [0.1, 0.15) is 5.65 Å². The van der Waals surface area contributed by atoms with Crippen molar-refractivity contribution in [2.75, 3.05) is 33.2 Å². The molecule has 40 heavy (non-hydrogen) atoms. The maximum atomic E-state index is 13.8. The molecule has 212 valence electrons. The number of likely N-dealkylation sites (N-methyl/N-ethyl adjacent to an activating group) is 1.